The van der Waals surface area contributed by atoms with E-state index in [9.17, 15) is 25.2 Å². The normalized spacial score (nSPS) is 36.3. The molecular weight excluding hydrogens is 524 g/mol. The molecule has 3 rings (SSSR count). The van der Waals surface area contributed by atoms with Crippen molar-refractivity contribution in [2.45, 2.75) is 147 Å². The Morgan fingerprint density at radius 3 is 2.39 bits per heavy atom. The highest BCUT2D eigenvalue weighted by atomic mass is 16.5. The first-order valence-electron chi connectivity index (χ1n) is 16.5. The summed E-state index contributed by atoms with van der Waals surface area (Å²) in [6.45, 7) is 5.74. The summed E-state index contributed by atoms with van der Waals surface area (Å²) in [5.74, 6) is 1.02. The van der Waals surface area contributed by atoms with Gasteiger partial charge in [-0.25, -0.2) is 0 Å². The van der Waals surface area contributed by atoms with Gasteiger partial charge in [-0.15, -0.1) is 0 Å². The number of hydrogen-bond donors (Lipinski definition) is 6. The van der Waals surface area contributed by atoms with Gasteiger partial charge in [-0.1, -0.05) is 13.8 Å². The second-order valence-corrected chi connectivity index (χ2v) is 13.8. The van der Waals surface area contributed by atoms with Gasteiger partial charge in [0.25, 0.3) is 0 Å². The molecule has 3 aliphatic rings. The molecule has 11 atom stereocenters. The van der Waals surface area contributed by atoms with Gasteiger partial charge in [0.2, 0.25) is 0 Å². The van der Waals surface area contributed by atoms with Crippen molar-refractivity contribution in [2.75, 3.05) is 20.3 Å². The van der Waals surface area contributed by atoms with Gasteiger partial charge in [-0.05, 0) is 114 Å². The number of ether oxygens (including phenoxy) is 2. The van der Waals surface area contributed by atoms with E-state index < -0.39 is 36.4 Å². The fourth-order valence-corrected chi connectivity index (χ4v) is 7.38. The summed E-state index contributed by atoms with van der Waals surface area (Å²) in [5, 5.41) is 45.8. The molecule has 9 heteroatoms. The number of ketones is 1. The lowest BCUT2D eigenvalue weighted by atomic mass is 9.76. The molecule has 3 fully saturated rings. The Balaban J connectivity index is 1.55. The first-order valence-corrected chi connectivity index (χ1v) is 16.5. The molecule has 240 valence electrons. The molecule has 7 N–H and O–H groups in total. The molecule has 0 aromatic rings. The van der Waals surface area contributed by atoms with Crippen molar-refractivity contribution in [2.24, 2.45) is 35.3 Å². The topological polar surface area (TPSA) is 154 Å². The summed E-state index contributed by atoms with van der Waals surface area (Å²) in [4.78, 5) is 13.7. The molecule has 0 aromatic heterocycles. The fraction of sp³-hybridized carbons (Fsp3) is 0.969. The number of nitrogens with one attached hydrogen (secondary N) is 1. The van der Waals surface area contributed by atoms with E-state index in [1.54, 1.807) is 7.11 Å². The Bertz CT molecular complexity index is 756. The maximum Gasteiger partial charge on any atom is 0.138 e. The molecule has 0 spiro atoms. The van der Waals surface area contributed by atoms with Crippen LogP contribution in [-0.4, -0.2) is 89.3 Å². The standard InChI is InChI=1S/C32H60N2O7/c1-20(2)5-4-14-41-30-18-22(16-28(38)32(30)39)8-10-26(36)24(15-23-12-13-34-31(33)19-23)25(35)9-6-21-7-11-27(37)29(17-21)40-3/h20-25,27-32,34-35,37-39H,4-19,33H2,1-3H3/t21?,22?,23?,24-,25-,27?,28?,29?,30?,31?,32?/m1/s1. The number of aliphatic hydroxyl groups is 4. The molecule has 0 aromatic carbocycles. The van der Waals surface area contributed by atoms with Crippen LogP contribution in [0.25, 0.3) is 0 Å². The van der Waals surface area contributed by atoms with Crippen LogP contribution in [0.3, 0.4) is 0 Å². The van der Waals surface area contributed by atoms with Crippen molar-refractivity contribution in [3.05, 3.63) is 0 Å². The summed E-state index contributed by atoms with van der Waals surface area (Å²) in [7, 11) is 1.64. The lowest BCUT2D eigenvalue weighted by molar-refractivity contribution is -0.133. The van der Waals surface area contributed by atoms with Gasteiger partial charge in [0.05, 0.1) is 36.7 Å². The summed E-state index contributed by atoms with van der Waals surface area (Å²) < 4.78 is 11.4. The summed E-state index contributed by atoms with van der Waals surface area (Å²) in [6, 6.07) is 0. The van der Waals surface area contributed by atoms with E-state index in [0.717, 1.165) is 51.5 Å². The first kappa shape index (κ1) is 34.8. The van der Waals surface area contributed by atoms with Gasteiger partial charge in [0, 0.05) is 26.1 Å². The minimum Gasteiger partial charge on any atom is -0.392 e. The predicted octanol–water partition coefficient (Wildman–Crippen LogP) is 2.90. The highest BCUT2D eigenvalue weighted by molar-refractivity contribution is 5.81. The van der Waals surface area contributed by atoms with Gasteiger partial charge in [0.15, 0.2) is 0 Å². The zero-order chi connectivity index (χ0) is 29.9. The molecule has 41 heavy (non-hydrogen) atoms. The third kappa shape index (κ3) is 11.4. The quantitative estimate of drug-likeness (QED) is 0.150. The third-order valence-electron chi connectivity index (χ3n) is 10.0. The highest BCUT2D eigenvalue weighted by Gasteiger charge is 2.38. The van der Waals surface area contributed by atoms with Gasteiger partial charge in [-0.2, -0.15) is 0 Å². The fourth-order valence-electron chi connectivity index (χ4n) is 7.38. The summed E-state index contributed by atoms with van der Waals surface area (Å²) in [5.41, 5.74) is 6.15. The van der Waals surface area contributed by atoms with Gasteiger partial charge >= 0.3 is 0 Å². The number of rotatable bonds is 16. The second-order valence-electron chi connectivity index (χ2n) is 13.8. The van der Waals surface area contributed by atoms with Crippen LogP contribution in [0, 0.1) is 29.6 Å². The number of nitrogens with two attached hydrogens (primary N) is 1. The van der Waals surface area contributed by atoms with E-state index in [2.05, 4.69) is 19.2 Å². The number of carbonyl (C=O) groups is 1. The van der Waals surface area contributed by atoms with Crippen LogP contribution in [0.15, 0.2) is 0 Å². The average molecular weight is 585 g/mol. The highest BCUT2D eigenvalue weighted by Crippen LogP contribution is 2.35. The van der Waals surface area contributed by atoms with Gasteiger partial charge < -0.3 is 41.0 Å². The van der Waals surface area contributed by atoms with Crippen molar-refractivity contribution in [1.82, 2.24) is 5.32 Å². The Hall–Kier alpha value is -0.650. The van der Waals surface area contributed by atoms with Crippen LogP contribution >= 0.6 is 0 Å². The molecule has 0 radical (unpaired) electrons. The van der Waals surface area contributed by atoms with E-state index in [4.69, 9.17) is 15.2 Å². The maximum absolute atomic E-state index is 13.7. The van der Waals surface area contributed by atoms with E-state index in [0.29, 0.717) is 69.3 Å². The largest absolute Gasteiger partial charge is 0.392 e. The van der Waals surface area contributed by atoms with E-state index in [1.165, 1.54) is 0 Å². The van der Waals surface area contributed by atoms with Crippen LogP contribution in [0.2, 0.25) is 0 Å². The zero-order valence-corrected chi connectivity index (χ0v) is 25.8. The van der Waals surface area contributed by atoms with Crippen molar-refractivity contribution >= 4 is 5.78 Å². The van der Waals surface area contributed by atoms with Crippen LogP contribution in [0.4, 0.5) is 0 Å². The number of Topliss-reactive ketones (excluding diaryl/α,β-unsaturated/α-hetero) is 1. The number of methoxy groups -OCH3 is 1. The molecule has 0 bridgehead atoms. The van der Waals surface area contributed by atoms with Gasteiger partial charge in [0.1, 0.15) is 11.9 Å². The number of hydrogen-bond acceptors (Lipinski definition) is 9. The predicted molar refractivity (Wildman–Crippen MR) is 159 cm³/mol. The minimum atomic E-state index is -0.890. The summed E-state index contributed by atoms with van der Waals surface area (Å²) in [6.07, 6.45) is 6.71. The van der Waals surface area contributed by atoms with Crippen molar-refractivity contribution < 1.29 is 34.7 Å². The van der Waals surface area contributed by atoms with E-state index in [-0.39, 0.29) is 24.0 Å². The first-order chi connectivity index (χ1) is 19.6. The lowest BCUT2D eigenvalue weighted by Crippen LogP contribution is -2.46. The average Bonchev–Trinajstić information content (AvgIpc) is 2.94. The van der Waals surface area contributed by atoms with E-state index >= 15 is 0 Å². The molecule has 2 aliphatic carbocycles. The van der Waals surface area contributed by atoms with Crippen LogP contribution in [0.5, 0.6) is 0 Å². The Morgan fingerprint density at radius 1 is 0.927 bits per heavy atom. The molecule has 1 heterocycles. The van der Waals surface area contributed by atoms with Crippen LogP contribution in [0.1, 0.15) is 104 Å². The van der Waals surface area contributed by atoms with Crippen molar-refractivity contribution in [1.29, 1.82) is 0 Å². The number of piperidine rings is 1. The molecule has 1 aliphatic heterocycles. The SMILES string of the molecule is COC1CC(CC[C@@H](O)[C@@H](CC2CCNC(N)C2)C(=O)CCC2CC(O)C(O)C(OCCCC(C)C)C2)CCC1O. The Morgan fingerprint density at radius 2 is 1.68 bits per heavy atom. The minimum absolute atomic E-state index is 0.0751. The maximum atomic E-state index is 13.7. The zero-order valence-electron chi connectivity index (χ0n) is 25.8. The van der Waals surface area contributed by atoms with Crippen LogP contribution < -0.4 is 11.1 Å². The third-order valence-corrected chi connectivity index (χ3v) is 10.0. The summed E-state index contributed by atoms with van der Waals surface area (Å²) >= 11 is 0. The number of carbonyl (C=O) groups excluding carboxylic acids is 1. The van der Waals surface area contributed by atoms with Crippen molar-refractivity contribution in [3.8, 4) is 0 Å². The Kier molecular flexibility index (Phi) is 15.0. The van der Waals surface area contributed by atoms with E-state index in [1.807, 2.05) is 0 Å². The lowest BCUT2D eigenvalue weighted by Gasteiger charge is -2.37. The molecule has 9 nitrogen and oxygen atoms in total. The second kappa shape index (κ2) is 17.6. The van der Waals surface area contributed by atoms with Crippen LogP contribution in [-0.2, 0) is 14.3 Å². The smallest absolute Gasteiger partial charge is 0.138 e. The molecule has 2 saturated carbocycles. The molecule has 9 unspecified atom stereocenters. The van der Waals surface area contributed by atoms with Crippen molar-refractivity contribution in [3.63, 3.8) is 0 Å². The van der Waals surface area contributed by atoms with Gasteiger partial charge in [-0.3, -0.25) is 4.79 Å². The molecule has 1 saturated heterocycles. The monoisotopic (exact) mass is 584 g/mol. The number of aliphatic hydroxyl groups excluding tert-OH is 4. The Labute approximate surface area is 247 Å². The molecular formula is C32H60N2O7. The molecule has 0 amide bonds.